The Kier molecular flexibility index (Phi) is 12.5. The van der Waals surface area contributed by atoms with Crippen molar-refractivity contribution in [2.24, 2.45) is 0 Å². The minimum absolute atomic E-state index is 0.182. The van der Waals surface area contributed by atoms with Crippen LogP contribution >= 0.6 is 0 Å². The van der Waals surface area contributed by atoms with Crippen molar-refractivity contribution in [2.45, 2.75) is 79.1 Å². The number of imidazole rings is 2. The van der Waals surface area contributed by atoms with Gasteiger partial charge in [0.25, 0.3) is 0 Å². The lowest BCUT2D eigenvalue weighted by Gasteiger charge is -2.24. The van der Waals surface area contributed by atoms with E-state index in [1.54, 1.807) is 0 Å². The van der Waals surface area contributed by atoms with Gasteiger partial charge in [-0.05, 0) is 170 Å². The fraction of sp³-hybridized carbons (Fsp3) is 0.160. The minimum Gasteiger partial charge on any atom is -0.457 e. The second kappa shape index (κ2) is 20.2. The first-order valence-electron chi connectivity index (χ1n) is 28.8. The number of aromatic nitrogens is 5. The highest BCUT2D eigenvalue weighted by Crippen LogP contribution is 2.46. The van der Waals surface area contributed by atoms with Crippen LogP contribution in [0.25, 0.3) is 122 Å². The predicted molar refractivity (Wildman–Crippen MR) is 340 cm³/mol. The third-order valence-electron chi connectivity index (χ3n) is 16.4. The van der Waals surface area contributed by atoms with E-state index in [1.807, 2.05) is 6.07 Å². The summed E-state index contributed by atoms with van der Waals surface area (Å²) in [7, 11) is 0. The molecule has 10 aromatic carbocycles. The van der Waals surface area contributed by atoms with Gasteiger partial charge in [-0.3, -0.25) is 9.13 Å². The molecule has 14 aromatic rings. The number of benzene rings is 10. The zero-order valence-corrected chi connectivity index (χ0v) is 47.6. The molecule has 0 N–H and O–H groups in total. The fourth-order valence-corrected chi connectivity index (χ4v) is 12.3. The van der Waals surface area contributed by atoms with Gasteiger partial charge >= 0.3 is 0 Å². The number of ether oxygens (including phenoxy) is 1. The van der Waals surface area contributed by atoms with E-state index in [-0.39, 0.29) is 23.7 Å². The van der Waals surface area contributed by atoms with Crippen molar-refractivity contribution >= 4 is 65.8 Å². The minimum atomic E-state index is 0.182. The van der Waals surface area contributed by atoms with E-state index in [0.717, 1.165) is 83.1 Å². The lowest BCUT2D eigenvalue weighted by molar-refractivity contribution is 0.483. The maximum absolute atomic E-state index is 7.25. The maximum Gasteiger partial charge on any atom is 0.154 e. The molecule has 0 saturated heterocycles. The van der Waals surface area contributed by atoms with Crippen LogP contribution in [0.3, 0.4) is 0 Å². The van der Waals surface area contributed by atoms with Crippen molar-refractivity contribution in [2.75, 3.05) is 0 Å². The molecule has 0 amide bonds. The van der Waals surface area contributed by atoms with Crippen molar-refractivity contribution in [3.63, 3.8) is 0 Å². The van der Waals surface area contributed by atoms with Crippen molar-refractivity contribution < 1.29 is 9.15 Å². The first-order chi connectivity index (χ1) is 39.9. The highest BCUT2D eigenvalue weighted by atomic mass is 16.5. The average molecular weight is 1070 g/mol. The third kappa shape index (κ3) is 8.70. The summed E-state index contributed by atoms with van der Waals surface area (Å²) < 4.78 is 19.2. The zero-order valence-electron chi connectivity index (χ0n) is 47.6. The van der Waals surface area contributed by atoms with E-state index in [2.05, 4.69) is 271 Å². The quantitative estimate of drug-likeness (QED) is 0.114. The normalized spacial score (nSPS) is 12.1. The van der Waals surface area contributed by atoms with Gasteiger partial charge in [-0.2, -0.15) is 0 Å². The molecule has 0 unspecified atom stereocenters. The van der Waals surface area contributed by atoms with Crippen LogP contribution in [0.1, 0.15) is 101 Å². The monoisotopic (exact) mass is 1070 g/mol. The number of nitrogens with zero attached hydrogens (tertiary/aromatic N) is 5. The van der Waals surface area contributed by atoms with E-state index in [4.69, 9.17) is 24.1 Å². The van der Waals surface area contributed by atoms with Crippen LogP contribution in [-0.2, 0) is 0 Å². The molecule has 7 heteroatoms. The molecule has 0 fully saturated rings. The SMILES string of the molecule is CC(C)c1cc(-c2ccccc2)cc(C(C)C)c1-n1c(-c2cccc(Oc3cc(-c4nc5ccccc5n4-c4c(C(C)C)cc(-c5ccccc5)cc4C(C)C)c4oc5cc6cc7ccccc7cc6nc5c4c3)c2)nc2ccccc21. The number of furan rings is 1. The Balaban J connectivity index is 0.987. The van der Waals surface area contributed by atoms with E-state index < -0.39 is 0 Å². The van der Waals surface area contributed by atoms with Gasteiger partial charge in [-0.25, -0.2) is 15.0 Å². The standard InChI is InChI=1S/C75H63N5O2/c1-44(2)58-36-53(48-22-11-9-12-23-48)37-59(45(3)4)71(58)79-67-32-19-17-30-64(67)77-74(79)52-28-21-29-56(35-52)81-57-42-62-70-69(41-55-34-50-26-15-16-27-51(50)40-66(55)76-70)82-73(62)63(43-57)75-78-65-31-18-20-33-68(65)80(75)72-60(46(5)6)38-54(39-61(72)47(7)8)49-24-13-10-14-25-49/h9-47H,1-8H3. The fourth-order valence-electron chi connectivity index (χ4n) is 12.3. The average Bonchev–Trinajstić information content (AvgIpc) is 3.01. The maximum atomic E-state index is 7.25. The molecule has 0 bridgehead atoms. The molecule has 400 valence electrons. The van der Waals surface area contributed by atoms with E-state index in [0.29, 0.717) is 22.7 Å². The Bertz CT molecular complexity index is 4730. The molecule has 4 heterocycles. The van der Waals surface area contributed by atoms with Crippen molar-refractivity contribution in [1.82, 2.24) is 24.1 Å². The number of para-hydroxylation sites is 4. The third-order valence-corrected chi connectivity index (χ3v) is 16.4. The summed E-state index contributed by atoms with van der Waals surface area (Å²) in [6, 6.07) is 75.5. The van der Waals surface area contributed by atoms with Crippen LogP contribution in [0.5, 0.6) is 11.5 Å². The Morgan fingerprint density at radius 1 is 0.366 bits per heavy atom. The van der Waals surface area contributed by atoms with Gasteiger partial charge in [-0.15, -0.1) is 0 Å². The van der Waals surface area contributed by atoms with E-state index in [9.17, 15) is 0 Å². The molecule has 0 spiro atoms. The zero-order chi connectivity index (χ0) is 55.9. The highest BCUT2D eigenvalue weighted by Gasteiger charge is 2.28. The molecule has 0 saturated carbocycles. The summed E-state index contributed by atoms with van der Waals surface area (Å²) >= 11 is 0. The second-order valence-electron chi connectivity index (χ2n) is 23.2. The number of pyridine rings is 1. The first kappa shape index (κ1) is 50.6. The van der Waals surface area contributed by atoms with Gasteiger partial charge < -0.3 is 9.15 Å². The van der Waals surface area contributed by atoms with Crippen LogP contribution in [0.15, 0.2) is 217 Å². The van der Waals surface area contributed by atoms with Gasteiger partial charge in [0.05, 0.1) is 49.9 Å². The largest absolute Gasteiger partial charge is 0.457 e. The lowest BCUT2D eigenvalue weighted by Crippen LogP contribution is -2.09. The van der Waals surface area contributed by atoms with Crippen LogP contribution in [0.4, 0.5) is 0 Å². The van der Waals surface area contributed by atoms with Crippen molar-refractivity contribution in [3.8, 4) is 67.9 Å². The number of hydrogen-bond donors (Lipinski definition) is 0. The van der Waals surface area contributed by atoms with Gasteiger partial charge in [0.2, 0.25) is 0 Å². The molecule has 0 aliphatic carbocycles. The summed E-state index contributed by atoms with van der Waals surface area (Å²) in [5, 5.41) is 4.13. The summed E-state index contributed by atoms with van der Waals surface area (Å²) in [5.41, 5.74) is 20.7. The molecule has 14 rings (SSSR count). The molecular weight excluding hydrogens is 1000 g/mol. The Morgan fingerprint density at radius 3 is 1.41 bits per heavy atom. The summed E-state index contributed by atoms with van der Waals surface area (Å²) in [6.45, 7) is 18.3. The predicted octanol–water partition coefficient (Wildman–Crippen LogP) is 20.9. The molecule has 0 aliphatic rings. The van der Waals surface area contributed by atoms with E-state index in [1.165, 1.54) is 50.2 Å². The first-order valence-corrected chi connectivity index (χ1v) is 28.8. The van der Waals surface area contributed by atoms with Crippen molar-refractivity contribution in [1.29, 1.82) is 0 Å². The molecule has 0 radical (unpaired) electrons. The van der Waals surface area contributed by atoms with Gasteiger partial charge in [0, 0.05) is 10.9 Å². The van der Waals surface area contributed by atoms with E-state index >= 15 is 0 Å². The van der Waals surface area contributed by atoms with Gasteiger partial charge in [0.15, 0.2) is 5.58 Å². The second-order valence-corrected chi connectivity index (χ2v) is 23.2. The van der Waals surface area contributed by atoms with Crippen LogP contribution < -0.4 is 4.74 Å². The number of rotatable bonds is 12. The van der Waals surface area contributed by atoms with Gasteiger partial charge in [0.1, 0.15) is 34.2 Å². The number of fused-ring (bicyclic) bond motifs is 7. The summed E-state index contributed by atoms with van der Waals surface area (Å²) in [5.74, 6) is 3.71. The highest BCUT2D eigenvalue weighted by molar-refractivity contribution is 6.12. The lowest BCUT2D eigenvalue weighted by atomic mass is 9.88. The van der Waals surface area contributed by atoms with Crippen LogP contribution in [0.2, 0.25) is 0 Å². The Morgan fingerprint density at radius 2 is 0.854 bits per heavy atom. The molecule has 7 nitrogen and oxygen atoms in total. The molecule has 82 heavy (non-hydrogen) atoms. The molecule has 4 aromatic heterocycles. The summed E-state index contributed by atoms with van der Waals surface area (Å²) in [4.78, 5) is 16.5. The smallest absolute Gasteiger partial charge is 0.154 e. The number of hydrogen-bond acceptors (Lipinski definition) is 5. The Hall–Kier alpha value is -9.59. The molecule has 0 atom stereocenters. The Labute approximate surface area is 478 Å². The molecular formula is C75H63N5O2. The topological polar surface area (TPSA) is 70.9 Å². The van der Waals surface area contributed by atoms with Gasteiger partial charge in [-0.1, -0.05) is 177 Å². The van der Waals surface area contributed by atoms with Crippen molar-refractivity contribution in [3.05, 3.63) is 235 Å². The summed E-state index contributed by atoms with van der Waals surface area (Å²) in [6.07, 6.45) is 0. The van der Waals surface area contributed by atoms with Crippen LogP contribution in [-0.4, -0.2) is 24.1 Å². The molecule has 0 aliphatic heterocycles. The van der Waals surface area contributed by atoms with Crippen LogP contribution in [0, 0.1) is 0 Å².